The minimum atomic E-state index is -0.153. The molecule has 0 N–H and O–H groups in total. The molecule has 31 heavy (non-hydrogen) atoms. The van der Waals surface area contributed by atoms with E-state index in [0.717, 1.165) is 51.6 Å². The van der Waals surface area contributed by atoms with Gasteiger partial charge in [-0.25, -0.2) is 0 Å². The van der Waals surface area contributed by atoms with Crippen LogP contribution in [0.5, 0.6) is 0 Å². The van der Waals surface area contributed by atoms with Crippen molar-refractivity contribution >= 4 is 29.3 Å². The highest BCUT2D eigenvalue weighted by Gasteiger charge is 2.35. The van der Waals surface area contributed by atoms with Gasteiger partial charge >= 0.3 is 0 Å². The molecule has 3 saturated heterocycles. The summed E-state index contributed by atoms with van der Waals surface area (Å²) in [6, 6.07) is 6.91. The summed E-state index contributed by atoms with van der Waals surface area (Å²) in [5.41, 5.74) is 0.606. The lowest BCUT2D eigenvalue weighted by atomic mass is 9.91. The summed E-state index contributed by atoms with van der Waals surface area (Å²) in [5.74, 6) is 0.275. The lowest BCUT2D eigenvalue weighted by molar-refractivity contribution is -0.143. The summed E-state index contributed by atoms with van der Waals surface area (Å²) in [7, 11) is 0. The number of rotatable bonds is 3. The first-order valence-electron chi connectivity index (χ1n) is 11.7. The largest absolute Gasteiger partial charge is 0.342 e. The molecule has 0 spiro atoms. The smallest absolute Gasteiger partial charge is 0.253 e. The highest BCUT2D eigenvalue weighted by atomic mass is 35.5. The van der Waals surface area contributed by atoms with E-state index in [4.69, 9.17) is 11.6 Å². The van der Waals surface area contributed by atoms with Crippen molar-refractivity contribution in [3.05, 3.63) is 34.9 Å². The van der Waals surface area contributed by atoms with E-state index in [1.165, 1.54) is 6.42 Å². The van der Waals surface area contributed by atoms with Crippen LogP contribution in [0.3, 0.4) is 0 Å². The quantitative estimate of drug-likeness (QED) is 0.716. The number of piperidine rings is 3. The van der Waals surface area contributed by atoms with Crippen LogP contribution in [0.4, 0.5) is 0 Å². The fraction of sp³-hybridized carbons (Fsp3) is 0.625. The summed E-state index contributed by atoms with van der Waals surface area (Å²) in [6.07, 6.45) is 6.58. The van der Waals surface area contributed by atoms with Crippen LogP contribution < -0.4 is 0 Å². The molecule has 1 aromatic carbocycles. The Morgan fingerprint density at radius 2 is 1.26 bits per heavy atom. The Bertz CT molecular complexity index is 799. The summed E-state index contributed by atoms with van der Waals surface area (Å²) in [4.78, 5) is 44.5. The van der Waals surface area contributed by atoms with Gasteiger partial charge in [-0.3, -0.25) is 14.4 Å². The second-order valence-corrected chi connectivity index (χ2v) is 9.52. The SMILES string of the molecule is O=C(c1ccc(Cl)cc1)N1CCCC(C(=O)N2CCC(C(=O)N3CCCCC3)CC2)C1. The molecule has 1 unspecified atom stereocenters. The van der Waals surface area contributed by atoms with Crippen molar-refractivity contribution in [3.8, 4) is 0 Å². The molecule has 1 atom stereocenters. The Morgan fingerprint density at radius 1 is 0.677 bits per heavy atom. The Kier molecular flexibility index (Phi) is 7.16. The van der Waals surface area contributed by atoms with E-state index >= 15 is 0 Å². The van der Waals surface area contributed by atoms with Crippen molar-refractivity contribution in [1.29, 1.82) is 0 Å². The third-order valence-corrected chi connectivity index (χ3v) is 7.22. The topological polar surface area (TPSA) is 60.9 Å². The summed E-state index contributed by atoms with van der Waals surface area (Å²) >= 11 is 5.93. The number of carbonyl (C=O) groups excluding carboxylic acids is 3. The highest BCUT2D eigenvalue weighted by molar-refractivity contribution is 6.30. The van der Waals surface area contributed by atoms with Crippen LogP contribution in [0.2, 0.25) is 5.02 Å². The van der Waals surface area contributed by atoms with Gasteiger partial charge in [0.15, 0.2) is 0 Å². The number of carbonyl (C=O) groups is 3. The van der Waals surface area contributed by atoms with E-state index in [9.17, 15) is 14.4 Å². The predicted octanol–water partition coefficient (Wildman–Crippen LogP) is 3.44. The van der Waals surface area contributed by atoms with Crippen LogP contribution in [0.1, 0.15) is 55.3 Å². The number of amides is 3. The first-order valence-corrected chi connectivity index (χ1v) is 12.0. The number of hydrogen-bond acceptors (Lipinski definition) is 3. The van der Waals surface area contributed by atoms with Crippen LogP contribution in [-0.2, 0) is 9.59 Å². The lowest BCUT2D eigenvalue weighted by Crippen LogP contribution is -2.50. The summed E-state index contributed by atoms with van der Waals surface area (Å²) in [5, 5.41) is 0.602. The molecule has 168 valence electrons. The van der Waals surface area contributed by atoms with Gasteiger partial charge in [-0.15, -0.1) is 0 Å². The van der Waals surface area contributed by atoms with Crippen molar-refractivity contribution < 1.29 is 14.4 Å². The lowest BCUT2D eigenvalue weighted by Gasteiger charge is -2.39. The molecule has 3 heterocycles. The van der Waals surface area contributed by atoms with E-state index in [1.807, 2.05) is 9.80 Å². The average Bonchev–Trinajstić information content (AvgIpc) is 2.84. The maximum absolute atomic E-state index is 13.2. The zero-order valence-electron chi connectivity index (χ0n) is 18.1. The normalized spacial score (nSPS) is 23.0. The number of halogens is 1. The van der Waals surface area contributed by atoms with Gasteiger partial charge < -0.3 is 14.7 Å². The van der Waals surface area contributed by atoms with E-state index in [2.05, 4.69) is 0 Å². The Balaban J connectivity index is 1.29. The molecular formula is C24H32ClN3O3. The van der Waals surface area contributed by atoms with Crippen molar-refractivity contribution in [2.75, 3.05) is 39.3 Å². The predicted molar refractivity (Wildman–Crippen MR) is 120 cm³/mol. The first kappa shape index (κ1) is 22.1. The van der Waals surface area contributed by atoms with Gasteiger partial charge in [0.05, 0.1) is 5.92 Å². The Morgan fingerprint density at radius 3 is 1.94 bits per heavy atom. The van der Waals surface area contributed by atoms with Crippen molar-refractivity contribution in [3.63, 3.8) is 0 Å². The molecule has 3 amide bonds. The van der Waals surface area contributed by atoms with Gasteiger partial charge in [0.25, 0.3) is 5.91 Å². The minimum Gasteiger partial charge on any atom is -0.342 e. The van der Waals surface area contributed by atoms with Gasteiger partial charge in [0, 0.05) is 55.8 Å². The van der Waals surface area contributed by atoms with Crippen LogP contribution in [-0.4, -0.2) is 71.7 Å². The number of nitrogens with zero attached hydrogens (tertiary/aromatic N) is 3. The van der Waals surface area contributed by atoms with Gasteiger partial charge in [-0.2, -0.15) is 0 Å². The number of hydrogen-bond donors (Lipinski definition) is 0. The van der Waals surface area contributed by atoms with Gasteiger partial charge in [-0.1, -0.05) is 11.6 Å². The molecule has 4 rings (SSSR count). The average molecular weight is 446 g/mol. The molecule has 7 heteroatoms. The molecule has 1 aromatic rings. The van der Waals surface area contributed by atoms with E-state index in [-0.39, 0.29) is 29.6 Å². The molecule has 3 fully saturated rings. The second-order valence-electron chi connectivity index (χ2n) is 9.08. The van der Waals surface area contributed by atoms with E-state index in [0.29, 0.717) is 36.8 Å². The van der Waals surface area contributed by atoms with Crippen LogP contribution in [0, 0.1) is 11.8 Å². The molecule has 0 saturated carbocycles. The van der Waals surface area contributed by atoms with Crippen molar-refractivity contribution in [2.24, 2.45) is 11.8 Å². The van der Waals surface area contributed by atoms with E-state index in [1.54, 1.807) is 29.2 Å². The van der Waals surface area contributed by atoms with Gasteiger partial charge in [0.2, 0.25) is 11.8 Å². The summed E-state index contributed by atoms with van der Waals surface area (Å²) < 4.78 is 0. The first-order chi connectivity index (χ1) is 15.0. The molecule has 0 aromatic heterocycles. The monoisotopic (exact) mass is 445 g/mol. The van der Waals surface area contributed by atoms with Crippen LogP contribution in [0.25, 0.3) is 0 Å². The maximum Gasteiger partial charge on any atom is 0.253 e. The zero-order valence-corrected chi connectivity index (χ0v) is 18.9. The van der Waals surface area contributed by atoms with Gasteiger partial charge in [-0.05, 0) is 69.2 Å². The zero-order chi connectivity index (χ0) is 21.8. The maximum atomic E-state index is 13.2. The summed E-state index contributed by atoms with van der Waals surface area (Å²) in [6.45, 7) is 4.20. The van der Waals surface area contributed by atoms with Crippen molar-refractivity contribution in [1.82, 2.24) is 14.7 Å². The fourth-order valence-electron chi connectivity index (χ4n) is 5.12. The Hall–Kier alpha value is -2.08. The number of benzene rings is 1. The van der Waals surface area contributed by atoms with Crippen molar-refractivity contribution in [2.45, 2.75) is 44.9 Å². The molecule has 3 aliphatic rings. The standard InChI is InChI=1S/C24H32ClN3O3/c25-21-8-6-18(7-9-21)23(30)28-14-4-5-20(17-28)24(31)27-15-10-19(11-16-27)22(29)26-12-2-1-3-13-26/h6-9,19-20H,1-5,10-17H2. The van der Waals surface area contributed by atoms with Gasteiger partial charge in [0.1, 0.15) is 0 Å². The third kappa shape index (κ3) is 5.22. The molecular weight excluding hydrogens is 414 g/mol. The van der Waals surface area contributed by atoms with Crippen LogP contribution in [0.15, 0.2) is 24.3 Å². The third-order valence-electron chi connectivity index (χ3n) is 6.97. The number of likely N-dealkylation sites (tertiary alicyclic amines) is 3. The molecule has 6 nitrogen and oxygen atoms in total. The molecule has 3 aliphatic heterocycles. The molecule has 0 aliphatic carbocycles. The fourth-order valence-corrected chi connectivity index (χ4v) is 5.24. The Labute approximate surface area is 189 Å². The highest BCUT2D eigenvalue weighted by Crippen LogP contribution is 2.26. The second kappa shape index (κ2) is 10.0. The minimum absolute atomic E-state index is 0.0417. The van der Waals surface area contributed by atoms with E-state index < -0.39 is 0 Å². The molecule has 0 radical (unpaired) electrons. The molecule has 0 bridgehead atoms. The van der Waals surface area contributed by atoms with Crippen LogP contribution >= 0.6 is 11.6 Å².